The van der Waals surface area contributed by atoms with E-state index in [2.05, 4.69) is 0 Å². The van der Waals surface area contributed by atoms with Gasteiger partial charge in [0.25, 0.3) is 0 Å². The van der Waals surface area contributed by atoms with Crippen LogP contribution in [0.1, 0.15) is 18.4 Å². The second-order valence-corrected chi connectivity index (χ2v) is 3.73. The van der Waals surface area contributed by atoms with E-state index in [1.54, 1.807) is 12.1 Å². The lowest BCUT2D eigenvalue weighted by Crippen LogP contribution is -2.04. The van der Waals surface area contributed by atoms with E-state index in [4.69, 9.17) is 9.47 Å². The largest absolute Gasteiger partial charge is 0.504 e. The Morgan fingerprint density at radius 2 is 2.00 bits per heavy atom. The molecule has 0 radical (unpaired) electrons. The fraction of sp³-hybridized carbons (Fsp3) is 0.400. The average molecular weight is 194 g/mol. The molecule has 1 aromatic carbocycles. The molecule has 0 bridgehead atoms. The van der Waals surface area contributed by atoms with Gasteiger partial charge in [-0.1, -0.05) is 0 Å². The second kappa shape index (κ2) is 2.33. The lowest BCUT2D eigenvalue weighted by molar-refractivity contribution is 0.145. The molecule has 3 rings (SSSR count). The summed E-state index contributed by atoms with van der Waals surface area (Å²) in [5.41, 5.74) is -0.299. The topological polar surface area (TPSA) is 58.9 Å². The molecule has 74 valence electrons. The third-order valence-electron chi connectivity index (χ3n) is 2.74. The fourth-order valence-corrected chi connectivity index (χ4v) is 1.72. The zero-order valence-corrected chi connectivity index (χ0v) is 7.49. The summed E-state index contributed by atoms with van der Waals surface area (Å²) >= 11 is 0. The van der Waals surface area contributed by atoms with Crippen molar-refractivity contribution in [2.75, 3.05) is 6.79 Å². The van der Waals surface area contributed by atoms with Crippen LogP contribution in [0.2, 0.25) is 0 Å². The molecule has 1 fully saturated rings. The molecule has 4 heteroatoms. The summed E-state index contributed by atoms with van der Waals surface area (Å²) < 4.78 is 10.2. The summed E-state index contributed by atoms with van der Waals surface area (Å²) in [6.07, 6.45) is 1.39. The minimum atomic E-state index is -0.842. The summed E-state index contributed by atoms with van der Waals surface area (Å²) in [6, 6.07) is 3.41. The van der Waals surface area contributed by atoms with Crippen LogP contribution in [-0.2, 0) is 5.60 Å². The standard InChI is InChI=1S/C10H10O4/c11-8-6(10(12)3-4-10)1-2-7-9(8)14-5-13-7/h1-2,11-12H,3-5H2. The van der Waals surface area contributed by atoms with E-state index in [1.165, 1.54) is 0 Å². The number of fused-ring (bicyclic) bond motifs is 1. The molecule has 14 heavy (non-hydrogen) atoms. The first-order valence-electron chi connectivity index (χ1n) is 4.55. The van der Waals surface area contributed by atoms with Crippen LogP contribution >= 0.6 is 0 Å². The molecular weight excluding hydrogens is 184 g/mol. The average Bonchev–Trinajstić information content (AvgIpc) is 2.75. The molecule has 1 aliphatic carbocycles. The molecule has 1 saturated carbocycles. The zero-order chi connectivity index (χ0) is 9.76. The molecule has 0 unspecified atom stereocenters. The number of phenols is 1. The highest BCUT2D eigenvalue weighted by Gasteiger charge is 2.45. The van der Waals surface area contributed by atoms with E-state index in [9.17, 15) is 10.2 Å². The number of aromatic hydroxyl groups is 1. The van der Waals surface area contributed by atoms with Gasteiger partial charge in [-0.05, 0) is 25.0 Å². The van der Waals surface area contributed by atoms with Gasteiger partial charge in [0.15, 0.2) is 11.5 Å². The fourth-order valence-electron chi connectivity index (χ4n) is 1.72. The first-order valence-corrected chi connectivity index (χ1v) is 4.55. The Bertz CT molecular complexity index is 395. The number of ether oxygens (including phenoxy) is 2. The SMILES string of the molecule is Oc1c(C2(O)CC2)ccc2c1OCO2. The molecule has 0 saturated heterocycles. The van der Waals surface area contributed by atoms with Crippen molar-refractivity contribution in [1.29, 1.82) is 0 Å². The highest BCUT2D eigenvalue weighted by Crippen LogP contribution is 2.53. The van der Waals surface area contributed by atoms with Crippen LogP contribution in [0.4, 0.5) is 0 Å². The summed E-state index contributed by atoms with van der Waals surface area (Å²) in [5, 5.41) is 19.7. The van der Waals surface area contributed by atoms with Gasteiger partial charge in [0.05, 0.1) is 5.60 Å². The van der Waals surface area contributed by atoms with E-state index < -0.39 is 5.60 Å². The van der Waals surface area contributed by atoms with Crippen LogP contribution in [0, 0.1) is 0 Å². The highest BCUT2D eigenvalue weighted by molar-refractivity contribution is 5.58. The number of rotatable bonds is 1. The van der Waals surface area contributed by atoms with Crippen LogP contribution < -0.4 is 9.47 Å². The van der Waals surface area contributed by atoms with Crippen molar-refractivity contribution < 1.29 is 19.7 Å². The van der Waals surface area contributed by atoms with Crippen molar-refractivity contribution in [1.82, 2.24) is 0 Å². The van der Waals surface area contributed by atoms with Crippen molar-refractivity contribution in [2.24, 2.45) is 0 Å². The Morgan fingerprint density at radius 1 is 1.21 bits per heavy atom. The van der Waals surface area contributed by atoms with E-state index in [1.807, 2.05) is 0 Å². The molecule has 2 N–H and O–H groups in total. The maximum atomic E-state index is 9.86. The Hall–Kier alpha value is -1.42. The molecule has 4 nitrogen and oxygen atoms in total. The van der Waals surface area contributed by atoms with Gasteiger partial charge in [-0.3, -0.25) is 0 Å². The van der Waals surface area contributed by atoms with Gasteiger partial charge < -0.3 is 19.7 Å². The van der Waals surface area contributed by atoms with Crippen LogP contribution in [0.25, 0.3) is 0 Å². The van der Waals surface area contributed by atoms with Gasteiger partial charge in [-0.15, -0.1) is 0 Å². The van der Waals surface area contributed by atoms with Crippen LogP contribution in [0.3, 0.4) is 0 Å². The molecule has 0 aromatic heterocycles. The third kappa shape index (κ3) is 0.915. The number of benzene rings is 1. The molecule has 1 aromatic rings. The van der Waals surface area contributed by atoms with E-state index >= 15 is 0 Å². The molecule has 0 amide bonds. The van der Waals surface area contributed by atoms with Crippen molar-refractivity contribution in [3.63, 3.8) is 0 Å². The van der Waals surface area contributed by atoms with Crippen LogP contribution in [-0.4, -0.2) is 17.0 Å². The van der Waals surface area contributed by atoms with Gasteiger partial charge in [0.1, 0.15) is 0 Å². The molecule has 0 spiro atoms. The molecule has 0 atom stereocenters. The van der Waals surface area contributed by atoms with Crippen LogP contribution in [0.15, 0.2) is 12.1 Å². The quantitative estimate of drug-likeness (QED) is 0.702. The molecular formula is C10H10O4. The predicted molar refractivity (Wildman–Crippen MR) is 47.4 cm³/mol. The first kappa shape index (κ1) is 7.94. The van der Waals surface area contributed by atoms with E-state index in [0.717, 1.165) is 0 Å². The molecule has 1 heterocycles. The Morgan fingerprint density at radius 3 is 2.71 bits per heavy atom. The Labute approximate surface area is 80.7 Å². The number of hydrogen-bond donors (Lipinski definition) is 2. The zero-order valence-electron chi connectivity index (χ0n) is 7.49. The Balaban J connectivity index is 2.15. The predicted octanol–water partition coefficient (Wildman–Crippen LogP) is 1.10. The third-order valence-corrected chi connectivity index (χ3v) is 2.74. The smallest absolute Gasteiger partial charge is 0.231 e. The lowest BCUT2D eigenvalue weighted by atomic mass is 10.1. The lowest BCUT2D eigenvalue weighted by Gasteiger charge is -2.11. The normalized spacial score (nSPS) is 20.9. The summed E-state index contributed by atoms with van der Waals surface area (Å²) in [7, 11) is 0. The molecule has 1 aliphatic heterocycles. The maximum Gasteiger partial charge on any atom is 0.231 e. The maximum absolute atomic E-state index is 9.86. The minimum Gasteiger partial charge on any atom is -0.504 e. The van der Waals surface area contributed by atoms with E-state index in [0.29, 0.717) is 29.9 Å². The molecule has 2 aliphatic rings. The summed E-state index contributed by atoms with van der Waals surface area (Å²) in [4.78, 5) is 0. The van der Waals surface area contributed by atoms with Gasteiger partial charge in [0, 0.05) is 5.56 Å². The van der Waals surface area contributed by atoms with Crippen LogP contribution in [0.5, 0.6) is 17.2 Å². The van der Waals surface area contributed by atoms with Crippen molar-refractivity contribution in [3.8, 4) is 17.2 Å². The van der Waals surface area contributed by atoms with Gasteiger partial charge in [-0.2, -0.15) is 0 Å². The van der Waals surface area contributed by atoms with Gasteiger partial charge in [-0.25, -0.2) is 0 Å². The van der Waals surface area contributed by atoms with Gasteiger partial charge in [0.2, 0.25) is 12.5 Å². The highest BCUT2D eigenvalue weighted by atomic mass is 16.7. The van der Waals surface area contributed by atoms with Crippen molar-refractivity contribution >= 4 is 0 Å². The van der Waals surface area contributed by atoms with Gasteiger partial charge >= 0.3 is 0 Å². The van der Waals surface area contributed by atoms with Crippen molar-refractivity contribution in [2.45, 2.75) is 18.4 Å². The first-order chi connectivity index (χ1) is 6.71. The monoisotopic (exact) mass is 194 g/mol. The Kier molecular flexibility index (Phi) is 1.32. The van der Waals surface area contributed by atoms with E-state index in [-0.39, 0.29) is 12.5 Å². The minimum absolute atomic E-state index is 0.0139. The number of aliphatic hydroxyl groups is 1. The number of phenolic OH excluding ortho intramolecular Hbond substituents is 1. The summed E-state index contributed by atoms with van der Waals surface area (Å²) in [6.45, 7) is 0.130. The number of hydrogen-bond acceptors (Lipinski definition) is 4. The summed E-state index contributed by atoms with van der Waals surface area (Å²) in [5.74, 6) is 0.901. The van der Waals surface area contributed by atoms with Crippen molar-refractivity contribution in [3.05, 3.63) is 17.7 Å². The second-order valence-electron chi connectivity index (χ2n) is 3.73.